The van der Waals surface area contributed by atoms with Crippen molar-refractivity contribution in [1.82, 2.24) is 0 Å². The number of hydrogen-bond acceptors (Lipinski definition) is 7. The van der Waals surface area contributed by atoms with Gasteiger partial charge in [0.1, 0.15) is 13.2 Å². The van der Waals surface area contributed by atoms with E-state index in [9.17, 15) is 14.4 Å². The number of esters is 1. The molecule has 0 saturated heterocycles. The van der Waals surface area contributed by atoms with E-state index in [4.69, 9.17) is 18.9 Å². The summed E-state index contributed by atoms with van der Waals surface area (Å²) in [5.41, 5.74) is 1.61. The maximum atomic E-state index is 12.2. The lowest BCUT2D eigenvalue weighted by Gasteiger charge is -2.20. The number of carbonyl (C=O) groups excluding carboxylic acids is 3. The highest BCUT2D eigenvalue weighted by molar-refractivity contribution is 5.99. The van der Waals surface area contributed by atoms with Crippen molar-refractivity contribution in [3.05, 3.63) is 53.6 Å². The Kier molecular flexibility index (Phi) is 6.69. The summed E-state index contributed by atoms with van der Waals surface area (Å²) in [7, 11) is 1.52. The first-order chi connectivity index (χ1) is 14.5. The highest BCUT2D eigenvalue weighted by Gasteiger charge is 2.18. The first-order valence-electron chi connectivity index (χ1n) is 9.19. The van der Waals surface area contributed by atoms with Crippen LogP contribution in [0.15, 0.2) is 42.5 Å². The Balaban J connectivity index is 1.57. The van der Waals surface area contributed by atoms with Gasteiger partial charge in [-0.3, -0.25) is 9.59 Å². The van der Waals surface area contributed by atoms with Crippen LogP contribution in [0, 0.1) is 0 Å². The molecule has 0 fully saturated rings. The molecule has 8 nitrogen and oxygen atoms in total. The molecule has 1 amide bonds. The van der Waals surface area contributed by atoms with Gasteiger partial charge in [-0.15, -0.1) is 0 Å². The van der Waals surface area contributed by atoms with E-state index in [-0.39, 0.29) is 11.7 Å². The second-order valence-corrected chi connectivity index (χ2v) is 6.37. The number of amides is 1. The summed E-state index contributed by atoms with van der Waals surface area (Å²) in [5, 5.41) is 2.61. The average Bonchev–Trinajstić information content (AvgIpc) is 2.75. The van der Waals surface area contributed by atoms with Gasteiger partial charge in [-0.2, -0.15) is 0 Å². The third-order valence-electron chi connectivity index (χ3n) is 4.13. The number of Topliss-reactive ketones (excluding diaryl/α,β-unsaturated/α-hetero) is 1. The van der Waals surface area contributed by atoms with Crippen molar-refractivity contribution in [1.29, 1.82) is 0 Å². The van der Waals surface area contributed by atoms with Crippen molar-refractivity contribution < 1.29 is 33.3 Å². The molecule has 2 aromatic carbocycles. The number of nitrogens with one attached hydrogen (secondary N) is 1. The number of fused-ring (bicyclic) bond motifs is 1. The molecule has 30 heavy (non-hydrogen) atoms. The molecule has 1 heterocycles. The van der Waals surface area contributed by atoms with E-state index in [1.54, 1.807) is 36.4 Å². The van der Waals surface area contributed by atoms with E-state index in [1.165, 1.54) is 26.2 Å². The molecule has 0 unspecified atom stereocenters. The highest BCUT2D eigenvalue weighted by atomic mass is 16.6. The van der Waals surface area contributed by atoms with Crippen LogP contribution in [-0.2, 0) is 14.3 Å². The zero-order chi connectivity index (χ0) is 21.5. The lowest BCUT2D eigenvalue weighted by Crippen LogP contribution is -2.16. The molecule has 1 aliphatic heterocycles. The Hall–Kier alpha value is -3.81. The van der Waals surface area contributed by atoms with Crippen molar-refractivity contribution in [2.75, 3.05) is 32.2 Å². The van der Waals surface area contributed by atoms with E-state index in [2.05, 4.69) is 5.32 Å². The van der Waals surface area contributed by atoms with Crippen molar-refractivity contribution in [3.63, 3.8) is 0 Å². The fourth-order valence-electron chi connectivity index (χ4n) is 2.76. The number of carbonyl (C=O) groups is 3. The summed E-state index contributed by atoms with van der Waals surface area (Å²) in [6.07, 6.45) is 2.76. The van der Waals surface area contributed by atoms with Crippen LogP contribution in [-0.4, -0.2) is 44.6 Å². The Morgan fingerprint density at radius 1 is 1.10 bits per heavy atom. The second-order valence-electron chi connectivity index (χ2n) is 6.37. The number of rotatable bonds is 7. The lowest BCUT2D eigenvalue weighted by atomic mass is 10.1. The molecule has 0 atom stereocenters. The smallest absolute Gasteiger partial charge is 0.331 e. The quantitative estimate of drug-likeness (QED) is 0.425. The van der Waals surface area contributed by atoms with Crippen molar-refractivity contribution in [2.24, 2.45) is 0 Å². The normalized spacial score (nSPS) is 12.3. The van der Waals surface area contributed by atoms with Gasteiger partial charge >= 0.3 is 5.97 Å². The molecule has 0 aliphatic carbocycles. The third kappa shape index (κ3) is 5.38. The van der Waals surface area contributed by atoms with Crippen molar-refractivity contribution in [2.45, 2.75) is 6.92 Å². The molecule has 0 radical (unpaired) electrons. The zero-order valence-electron chi connectivity index (χ0n) is 16.6. The van der Waals surface area contributed by atoms with E-state index in [0.717, 1.165) is 0 Å². The summed E-state index contributed by atoms with van der Waals surface area (Å²) in [6, 6.07) is 9.75. The first kappa shape index (κ1) is 20.9. The van der Waals surface area contributed by atoms with Crippen LogP contribution in [0.2, 0.25) is 0 Å². The zero-order valence-corrected chi connectivity index (χ0v) is 16.6. The fourth-order valence-corrected chi connectivity index (χ4v) is 2.76. The van der Waals surface area contributed by atoms with Gasteiger partial charge in [0, 0.05) is 24.3 Å². The van der Waals surface area contributed by atoms with E-state index in [0.29, 0.717) is 47.3 Å². The van der Waals surface area contributed by atoms with Gasteiger partial charge in [-0.1, -0.05) is 0 Å². The maximum Gasteiger partial charge on any atom is 0.331 e. The number of anilines is 1. The third-order valence-corrected chi connectivity index (χ3v) is 4.13. The van der Waals surface area contributed by atoms with Gasteiger partial charge < -0.3 is 24.3 Å². The van der Waals surface area contributed by atoms with Crippen LogP contribution >= 0.6 is 0 Å². The maximum absolute atomic E-state index is 12.2. The van der Waals surface area contributed by atoms with Gasteiger partial charge in [0.05, 0.1) is 7.11 Å². The summed E-state index contributed by atoms with van der Waals surface area (Å²) in [5.74, 6) is 0.341. The number of hydrogen-bond donors (Lipinski definition) is 1. The molecular weight excluding hydrogens is 390 g/mol. The predicted octanol–water partition coefficient (Wildman–Crippen LogP) is 2.86. The molecule has 3 rings (SSSR count). The van der Waals surface area contributed by atoms with Crippen LogP contribution < -0.4 is 19.5 Å². The molecule has 156 valence electrons. The Morgan fingerprint density at radius 3 is 2.53 bits per heavy atom. The SMILES string of the molecule is COc1cc(/C=C/C(=O)OCC(=O)c2ccc(NC(C)=O)cc2)cc2c1OCCO2. The number of ether oxygens (including phenoxy) is 4. The summed E-state index contributed by atoms with van der Waals surface area (Å²) >= 11 is 0. The summed E-state index contributed by atoms with van der Waals surface area (Å²) < 4.78 is 21.4. The van der Waals surface area contributed by atoms with E-state index in [1.807, 2.05) is 0 Å². The Bertz CT molecular complexity index is 962. The van der Waals surface area contributed by atoms with Gasteiger partial charge in [0.2, 0.25) is 11.7 Å². The molecule has 1 N–H and O–H groups in total. The molecular formula is C22H21NO7. The molecule has 0 aromatic heterocycles. The Morgan fingerprint density at radius 2 is 1.83 bits per heavy atom. The van der Waals surface area contributed by atoms with E-state index >= 15 is 0 Å². The largest absolute Gasteiger partial charge is 0.493 e. The van der Waals surface area contributed by atoms with E-state index < -0.39 is 12.6 Å². The van der Waals surface area contributed by atoms with Crippen molar-refractivity contribution >= 4 is 29.4 Å². The van der Waals surface area contributed by atoms with Crippen LogP contribution in [0.5, 0.6) is 17.2 Å². The number of methoxy groups -OCH3 is 1. The minimum atomic E-state index is -0.660. The topological polar surface area (TPSA) is 100 Å². The summed E-state index contributed by atoms with van der Waals surface area (Å²) in [4.78, 5) is 35.2. The first-order valence-corrected chi connectivity index (χ1v) is 9.19. The van der Waals surface area contributed by atoms with Crippen molar-refractivity contribution in [3.8, 4) is 17.2 Å². The van der Waals surface area contributed by atoms with Gasteiger partial charge in [-0.25, -0.2) is 4.79 Å². The monoisotopic (exact) mass is 411 g/mol. The number of ketones is 1. The average molecular weight is 411 g/mol. The van der Waals surface area contributed by atoms with Crippen LogP contribution in [0.4, 0.5) is 5.69 Å². The van der Waals surface area contributed by atoms with Crippen LogP contribution in [0.1, 0.15) is 22.8 Å². The second kappa shape index (κ2) is 9.60. The molecule has 2 aromatic rings. The molecule has 1 aliphatic rings. The molecule has 8 heteroatoms. The number of benzene rings is 2. The standard InChI is InChI=1S/C22H21NO7/c1-14(24)23-17-6-4-16(5-7-17)18(25)13-30-21(26)8-3-15-11-19(27-2)22-20(12-15)28-9-10-29-22/h3-8,11-12H,9-10,13H2,1-2H3,(H,23,24)/b8-3+. The fraction of sp³-hybridized carbons (Fsp3) is 0.227. The van der Waals surface area contributed by atoms with Gasteiger partial charge in [-0.05, 0) is 48.0 Å². The van der Waals surface area contributed by atoms with Crippen LogP contribution in [0.3, 0.4) is 0 Å². The highest BCUT2D eigenvalue weighted by Crippen LogP contribution is 2.40. The Labute approximate surface area is 173 Å². The molecule has 0 bridgehead atoms. The van der Waals surface area contributed by atoms with Gasteiger partial charge in [0.25, 0.3) is 0 Å². The summed E-state index contributed by atoms with van der Waals surface area (Å²) in [6.45, 7) is 1.87. The lowest BCUT2D eigenvalue weighted by molar-refractivity contribution is -0.136. The minimum Gasteiger partial charge on any atom is -0.493 e. The van der Waals surface area contributed by atoms with Gasteiger partial charge in [0.15, 0.2) is 23.9 Å². The minimum absolute atomic E-state index is 0.203. The predicted molar refractivity (Wildman–Crippen MR) is 109 cm³/mol. The molecule has 0 spiro atoms. The molecule has 0 saturated carbocycles. The van der Waals surface area contributed by atoms with Crippen LogP contribution in [0.25, 0.3) is 6.08 Å².